The summed E-state index contributed by atoms with van der Waals surface area (Å²) in [5.41, 5.74) is -0.121. The van der Waals surface area contributed by atoms with Crippen LogP contribution in [0.1, 0.15) is 42.9 Å². The van der Waals surface area contributed by atoms with Gasteiger partial charge < -0.3 is 9.47 Å². The molecule has 34 heavy (non-hydrogen) atoms. The van der Waals surface area contributed by atoms with Gasteiger partial charge in [0, 0.05) is 10.3 Å². The quantitative estimate of drug-likeness (QED) is 0.436. The summed E-state index contributed by atoms with van der Waals surface area (Å²) in [4.78, 5) is 65.1. The van der Waals surface area contributed by atoms with E-state index in [1.54, 1.807) is 26.0 Å². The standard InChI is InChI=1S/C23H24N2O7S2/c1-5-31-14(26)11-24-20-17(34-22(24)30)23(3,4)15-16(33-20)19(28)25(18(15)27)13-9-7-12(8-10-13)21(29)32-6-2/h7-10,15-16H,5-6,11H2,1-4H3/t15-,16+/m1/s1. The van der Waals surface area contributed by atoms with E-state index in [1.807, 2.05) is 13.8 Å². The number of aromatic nitrogens is 1. The highest BCUT2D eigenvalue weighted by atomic mass is 32.2. The van der Waals surface area contributed by atoms with Gasteiger partial charge in [0.2, 0.25) is 11.8 Å². The van der Waals surface area contributed by atoms with Gasteiger partial charge in [-0.15, -0.1) is 0 Å². The van der Waals surface area contributed by atoms with Crippen LogP contribution in [0.15, 0.2) is 34.1 Å². The van der Waals surface area contributed by atoms with E-state index < -0.39 is 34.4 Å². The third-order valence-electron chi connectivity index (χ3n) is 5.93. The summed E-state index contributed by atoms with van der Waals surface area (Å²) in [5, 5.41) is -0.225. The molecular weight excluding hydrogens is 480 g/mol. The van der Waals surface area contributed by atoms with Crippen LogP contribution < -0.4 is 9.77 Å². The Hall–Kier alpha value is -2.92. The molecule has 1 saturated heterocycles. The molecule has 0 aliphatic carbocycles. The summed E-state index contributed by atoms with van der Waals surface area (Å²) < 4.78 is 11.3. The second-order valence-corrected chi connectivity index (χ2v) is 10.5. The molecule has 1 fully saturated rings. The maximum Gasteiger partial charge on any atom is 0.338 e. The van der Waals surface area contributed by atoms with Gasteiger partial charge in [0.15, 0.2) is 0 Å². The first-order valence-corrected chi connectivity index (χ1v) is 12.5. The minimum absolute atomic E-state index is 0.195. The van der Waals surface area contributed by atoms with E-state index in [9.17, 15) is 24.0 Å². The molecule has 2 amide bonds. The van der Waals surface area contributed by atoms with Crippen molar-refractivity contribution in [3.63, 3.8) is 0 Å². The Morgan fingerprint density at radius 3 is 2.26 bits per heavy atom. The van der Waals surface area contributed by atoms with Crippen molar-refractivity contribution in [1.82, 2.24) is 4.57 Å². The molecule has 11 heteroatoms. The Bertz CT molecular complexity index is 1230. The molecule has 180 valence electrons. The molecule has 2 aromatic rings. The Balaban J connectivity index is 1.68. The lowest BCUT2D eigenvalue weighted by Gasteiger charge is -2.36. The summed E-state index contributed by atoms with van der Waals surface area (Å²) in [7, 11) is 0. The highest BCUT2D eigenvalue weighted by Crippen LogP contribution is 2.54. The lowest BCUT2D eigenvalue weighted by atomic mass is 9.76. The SMILES string of the molecule is CCOC(=O)Cn1c2c(sc1=O)C(C)(C)[C@H]1C(=O)N(c3ccc(C(=O)OCC)cc3)C(=O)[C@H]1S2. The van der Waals surface area contributed by atoms with Gasteiger partial charge in [0.25, 0.3) is 0 Å². The first-order valence-electron chi connectivity index (χ1n) is 10.8. The fourth-order valence-electron chi connectivity index (χ4n) is 4.32. The van der Waals surface area contributed by atoms with Crippen LogP contribution in [0, 0.1) is 5.92 Å². The monoisotopic (exact) mass is 504 g/mol. The van der Waals surface area contributed by atoms with Crippen molar-refractivity contribution in [3.05, 3.63) is 44.4 Å². The Morgan fingerprint density at radius 1 is 1.00 bits per heavy atom. The summed E-state index contributed by atoms with van der Waals surface area (Å²) in [5.74, 6) is -2.47. The average Bonchev–Trinajstić information content (AvgIpc) is 3.23. The first-order chi connectivity index (χ1) is 16.1. The van der Waals surface area contributed by atoms with E-state index >= 15 is 0 Å². The first kappa shape index (κ1) is 24.2. The number of carbonyl (C=O) groups excluding carboxylic acids is 4. The minimum atomic E-state index is -0.804. The number of hydrogen-bond donors (Lipinski definition) is 0. The fourth-order valence-corrected chi connectivity index (χ4v) is 7.36. The highest BCUT2D eigenvalue weighted by molar-refractivity contribution is 8.00. The van der Waals surface area contributed by atoms with Crippen LogP contribution in [0.5, 0.6) is 0 Å². The zero-order valence-electron chi connectivity index (χ0n) is 19.2. The van der Waals surface area contributed by atoms with E-state index in [4.69, 9.17) is 9.47 Å². The second-order valence-electron chi connectivity index (χ2n) is 8.41. The Morgan fingerprint density at radius 2 is 1.65 bits per heavy atom. The summed E-state index contributed by atoms with van der Waals surface area (Å²) in [6, 6.07) is 6.12. The van der Waals surface area contributed by atoms with Crippen molar-refractivity contribution in [1.29, 1.82) is 0 Å². The number of fused-ring (bicyclic) bond motifs is 2. The van der Waals surface area contributed by atoms with Gasteiger partial charge in [-0.2, -0.15) is 0 Å². The normalized spacial score (nSPS) is 20.6. The Kier molecular flexibility index (Phi) is 6.43. The number of anilines is 1. The predicted molar refractivity (Wildman–Crippen MR) is 126 cm³/mol. The number of esters is 2. The third kappa shape index (κ3) is 3.86. The van der Waals surface area contributed by atoms with Crippen LogP contribution >= 0.6 is 23.1 Å². The number of thioether (sulfide) groups is 1. The lowest BCUT2D eigenvalue weighted by Crippen LogP contribution is -2.41. The van der Waals surface area contributed by atoms with Crippen LogP contribution in [0.2, 0.25) is 0 Å². The molecule has 2 aliphatic heterocycles. The van der Waals surface area contributed by atoms with Crippen LogP contribution in [-0.2, 0) is 35.8 Å². The largest absolute Gasteiger partial charge is 0.465 e. The average molecular weight is 505 g/mol. The number of hydrogen-bond acceptors (Lipinski definition) is 9. The van der Waals surface area contributed by atoms with Crippen LogP contribution in [0.4, 0.5) is 5.69 Å². The van der Waals surface area contributed by atoms with Gasteiger partial charge in [-0.3, -0.25) is 23.7 Å². The lowest BCUT2D eigenvalue weighted by molar-refractivity contribution is -0.144. The molecule has 1 aromatic heterocycles. The van der Waals surface area contributed by atoms with Crippen LogP contribution in [-0.4, -0.2) is 46.8 Å². The second kappa shape index (κ2) is 9.03. The van der Waals surface area contributed by atoms with Crippen molar-refractivity contribution in [2.45, 2.75) is 49.9 Å². The molecule has 4 rings (SSSR count). The van der Waals surface area contributed by atoms with Gasteiger partial charge in [0.1, 0.15) is 11.8 Å². The molecule has 0 saturated carbocycles. The molecular formula is C23H24N2O7S2. The maximum atomic E-state index is 13.5. The topological polar surface area (TPSA) is 112 Å². The predicted octanol–water partition coefficient (Wildman–Crippen LogP) is 2.59. The summed E-state index contributed by atoms with van der Waals surface area (Å²) >= 11 is 2.13. The highest BCUT2D eigenvalue weighted by Gasteiger charge is 2.59. The number of amides is 2. The van der Waals surface area contributed by atoms with E-state index in [0.29, 0.717) is 21.2 Å². The van der Waals surface area contributed by atoms with Crippen molar-refractivity contribution in [2.75, 3.05) is 18.1 Å². The molecule has 0 unspecified atom stereocenters. The molecule has 9 nitrogen and oxygen atoms in total. The van der Waals surface area contributed by atoms with Gasteiger partial charge in [-0.05, 0) is 38.1 Å². The van der Waals surface area contributed by atoms with E-state index in [1.165, 1.54) is 16.7 Å². The number of imide groups is 1. The number of nitrogens with zero attached hydrogens (tertiary/aromatic N) is 2. The molecule has 0 bridgehead atoms. The number of benzene rings is 1. The zero-order valence-corrected chi connectivity index (χ0v) is 20.8. The minimum Gasteiger partial charge on any atom is -0.465 e. The number of thiazole rings is 1. The van der Waals surface area contributed by atoms with Gasteiger partial charge in [-0.1, -0.05) is 36.9 Å². The molecule has 0 spiro atoms. The zero-order chi connectivity index (χ0) is 24.8. The maximum absolute atomic E-state index is 13.5. The number of carbonyl (C=O) groups is 4. The molecule has 1 aromatic carbocycles. The molecule has 0 radical (unpaired) electrons. The van der Waals surface area contributed by atoms with E-state index in [0.717, 1.165) is 28.0 Å². The molecule has 2 aliphatic rings. The Labute approximate surface area is 204 Å². The van der Waals surface area contributed by atoms with Gasteiger partial charge >= 0.3 is 16.8 Å². The number of ether oxygens (including phenoxy) is 2. The molecule has 0 N–H and O–H groups in total. The summed E-state index contributed by atoms with van der Waals surface area (Å²) in [6.07, 6.45) is 0. The number of rotatable bonds is 6. The van der Waals surface area contributed by atoms with Crippen LogP contribution in [0.25, 0.3) is 0 Å². The van der Waals surface area contributed by atoms with Crippen molar-refractivity contribution in [3.8, 4) is 0 Å². The summed E-state index contributed by atoms with van der Waals surface area (Å²) in [6.45, 7) is 7.26. The van der Waals surface area contributed by atoms with Crippen molar-refractivity contribution < 1.29 is 28.7 Å². The van der Waals surface area contributed by atoms with Gasteiger partial charge in [-0.25, -0.2) is 9.69 Å². The third-order valence-corrected chi connectivity index (χ3v) is 8.76. The van der Waals surface area contributed by atoms with Crippen LogP contribution in [0.3, 0.4) is 0 Å². The van der Waals surface area contributed by atoms with E-state index in [2.05, 4.69) is 0 Å². The van der Waals surface area contributed by atoms with Gasteiger partial charge in [0.05, 0.1) is 35.4 Å². The van der Waals surface area contributed by atoms with E-state index in [-0.39, 0.29) is 30.5 Å². The van der Waals surface area contributed by atoms with Crippen molar-refractivity contribution in [2.24, 2.45) is 5.92 Å². The fraction of sp³-hybridized carbons (Fsp3) is 0.435. The molecule has 2 atom stereocenters. The smallest absolute Gasteiger partial charge is 0.338 e. The van der Waals surface area contributed by atoms with Crippen molar-refractivity contribution >= 4 is 52.5 Å². The molecule has 3 heterocycles.